The zero-order valence-electron chi connectivity index (χ0n) is 11.4. The average molecular weight is 346 g/mol. The molecule has 19 heavy (non-hydrogen) atoms. The van der Waals surface area contributed by atoms with Crippen LogP contribution in [-0.4, -0.2) is 25.8 Å². The summed E-state index contributed by atoms with van der Waals surface area (Å²) in [4.78, 5) is 0.376. The quantitative estimate of drug-likeness (QED) is 0.820. The van der Waals surface area contributed by atoms with Gasteiger partial charge in [-0.25, -0.2) is 8.42 Å². The maximum Gasteiger partial charge on any atom is 0.243 e. The Kier molecular flexibility index (Phi) is 4.38. The lowest BCUT2D eigenvalue weighted by Gasteiger charge is -2.23. The molecular weight excluding hydrogens is 326 g/mol. The van der Waals surface area contributed by atoms with Crippen molar-refractivity contribution in [2.75, 3.05) is 13.1 Å². The molecule has 0 amide bonds. The van der Waals surface area contributed by atoms with E-state index in [1.807, 2.05) is 6.07 Å². The van der Waals surface area contributed by atoms with Crippen molar-refractivity contribution in [3.05, 3.63) is 28.7 Å². The molecular formula is C14H20BrNO2S. The molecule has 0 aromatic heterocycles. The molecule has 0 atom stereocenters. The van der Waals surface area contributed by atoms with Gasteiger partial charge >= 0.3 is 0 Å². The van der Waals surface area contributed by atoms with E-state index in [9.17, 15) is 8.42 Å². The molecule has 0 radical (unpaired) electrons. The highest BCUT2D eigenvalue weighted by atomic mass is 79.9. The molecule has 1 saturated heterocycles. The average Bonchev–Trinajstić information content (AvgIpc) is 2.50. The van der Waals surface area contributed by atoms with E-state index in [-0.39, 0.29) is 5.41 Å². The van der Waals surface area contributed by atoms with Gasteiger partial charge in [0.2, 0.25) is 10.0 Å². The number of sulfonamides is 1. The molecule has 1 aliphatic heterocycles. The van der Waals surface area contributed by atoms with E-state index >= 15 is 0 Å². The Bertz CT molecular complexity index is 554. The minimum atomic E-state index is -3.35. The van der Waals surface area contributed by atoms with E-state index < -0.39 is 10.0 Å². The van der Waals surface area contributed by atoms with E-state index in [2.05, 4.69) is 29.8 Å². The van der Waals surface area contributed by atoms with Crippen molar-refractivity contribution in [3.8, 4) is 0 Å². The molecule has 1 aromatic rings. The molecule has 0 unspecified atom stereocenters. The number of hydrogen-bond acceptors (Lipinski definition) is 2. The van der Waals surface area contributed by atoms with Crippen molar-refractivity contribution in [2.45, 2.75) is 38.0 Å². The first-order chi connectivity index (χ1) is 8.81. The van der Waals surface area contributed by atoms with Gasteiger partial charge in [-0.2, -0.15) is 4.31 Å². The normalized spacial score (nSPS) is 21.0. The minimum Gasteiger partial charge on any atom is -0.207 e. The second-order valence-corrected chi connectivity index (χ2v) is 8.73. The summed E-state index contributed by atoms with van der Waals surface area (Å²) in [6.45, 7) is 5.66. The summed E-state index contributed by atoms with van der Waals surface area (Å²) >= 11 is 3.33. The summed E-state index contributed by atoms with van der Waals surface area (Å²) in [6, 6.07) is 6.94. The van der Waals surface area contributed by atoms with Crippen LogP contribution in [0, 0.1) is 5.41 Å². The fraction of sp³-hybridized carbons (Fsp3) is 0.571. The van der Waals surface area contributed by atoms with Crippen molar-refractivity contribution in [1.82, 2.24) is 4.31 Å². The monoisotopic (exact) mass is 345 g/mol. The Morgan fingerprint density at radius 1 is 1.21 bits per heavy atom. The van der Waals surface area contributed by atoms with E-state index in [1.54, 1.807) is 22.5 Å². The zero-order valence-corrected chi connectivity index (χ0v) is 13.8. The molecule has 0 bridgehead atoms. The molecule has 0 N–H and O–H groups in total. The van der Waals surface area contributed by atoms with E-state index in [4.69, 9.17) is 0 Å². The number of hydrogen-bond donors (Lipinski definition) is 0. The highest BCUT2D eigenvalue weighted by molar-refractivity contribution is 9.10. The molecule has 3 nitrogen and oxygen atoms in total. The van der Waals surface area contributed by atoms with Crippen LogP contribution in [0.3, 0.4) is 0 Å². The van der Waals surface area contributed by atoms with Crippen molar-refractivity contribution in [2.24, 2.45) is 5.41 Å². The minimum absolute atomic E-state index is 0.238. The Morgan fingerprint density at radius 3 is 2.63 bits per heavy atom. The fourth-order valence-corrected chi connectivity index (χ4v) is 4.49. The molecule has 1 aromatic carbocycles. The van der Waals surface area contributed by atoms with Gasteiger partial charge in [-0.1, -0.05) is 35.8 Å². The summed E-state index contributed by atoms with van der Waals surface area (Å²) in [7, 11) is -3.35. The smallest absolute Gasteiger partial charge is 0.207 e. The summed E-state index contributed by atoms with van der Waals surface area (Å²) in [6.07, 6.45) is 2.93. The van der Waals surface area contributed by atoms with Gasteiger partial charge in [0.25, 0.3) is 0 Å². The van der Waals surface area contributed by atoms with Gasteiger partial charge in [-0.05, 0) is 42.9 Å². The molecule has 0 spiro atoms. The highest BCUT2D eigenvalue weighted by Gasteiger charge is 2.30. The number of benzene rings is 1. The Labute approximate surface area is 124 Å². The number of nitrogens with zero attached hydrogens (tertiary/aromatic N) is 1. The Hall–Kier alpha value is -0.390. The summed E-state index contributed by atoms with van der Waals surface area (Å²) in [5, 5.41) is 0. The maximum atomic E-state index is 12.6. The molecule has 2 rings (SSSR count). The van der Waals surface area contributed by atoms with Gasteiger partial charge in [0, 0.05) is 17.6 Å². The second kappa shape index (κ2) is 5.54. The maximum absolute atomic E-state index is 12.6. The third-order valence-electron chi connectivity index (χ3n) is 3.73. The molecule has 1 aliphatic rings. The van der Waals surface area contributed by atoms with Gasteiger partial charge in [-0.3, -0.25) is 0 Å². The van der Waals surface area contributed by atoms with Crippen LogP contribution in [0.15, 0.2) is 33.6 Å². The Balaban J connectivity index is 2.25. The van der Waals surface area contributed by atoms with Crippen molar-refractivity contribution in [3.63, 3.8) is 0 Å². The third kappa shape index (κ3) is 3.58. The molecule has 0 saturated carbocycles. The van der Waals surface area contributed by atoms with Crippen molar-refractivity contribution >= 4 is 26.0 Å². The number of rotatable bonds is 2. The summed E-state index contributed by atoms with van der Waals surface area (Å²) in [5.41, 5.74) is 0.238. The first-order valence-electron chi connectivity index (χ1n) is 6.57. The zero-order chi connectivity index (χ0) is 14.1. The lowest BCUT2D eigenvalue weighted by Crippen LogP contribution is -2.32. The lowest BCUT2D eigenvalue weighted by atomic mass is 9.85. The number of halogens is 1. The molecule has 5 heteroatoms. The third-order valence-corrected chi connectivity index (χ3v) is 6.12. The summed E-state index contributed by atoms with van der Waals surface area (Å²) < 4.78 is 27.6. The van der Waals surface area contributed by atoms with Gasteiger partial charge in [0.05, 0.1) is 4.90 Å². The van der Waals surface area contributed by atoms with Crippen LogP contribution in [-0.2, 0) is 10.0 Å². The standard InChI is InChI=1S/C14H20BrNO2S/c1-14(2)7-4-9-16(10-8-14)19(17,18)13-6-3-5-12(15)11-13/h3,5-6,11H,4,7-10H2,1-2H3. The first kappa shape index (κ1) is 15.0. The van der Waals surface area contributed by atoms with E-state index in [0.717, 1.165) is 23.7 Å². The topological polar surface area (TPSA) is 37.4 Å². The van der Waals surface area contributed by atoms with Crippen LogP contribution in [0.1, 0.15) is 33.1 Å². The Morgan fingerprint density at radius 2 is 1.95 bits per heavy atom. The van der Waals surface area contributed by atoms with E-state index in [1.165, 1.54) is 0 Å². The molecule has 1 fully saturated rings. The van der Waals surface area contributed by atoms with Gasteiger partial charge in [-0.15, -0.1) is 0 Å². The lowest BCUT2D eigenvalue weighted by molar-refractivity contribution is 0.315. The second-order valence-electron chi connectivity index (χ2n) is 5.88. The predicted molar refractivity (Wildman–Crippen MR) is 80.5 cm³/mol. The SMILES string of the molecule is CC1(C)CCCN(S(=O)(=O)c2cccc(Br)c2)CC1. The fourth-order valence-electron chi connectivity index (χ4n) is 2.42. The first-order valence-corrected chi connectivity index (χ1v) is 8.80. The molecule has 1 heterocycles. The van der Waals surface area contributed by atoms with Gasteiger partial charge in [0.1, 0.15) is 0 Å². The van der Waals surface area contributed by atoms with Crippen LogP contribution in [0.2, 0.25) is 0 Å². The highest BCUT2D eigenvalue weighted by Crippen LogP contribution is 2.32. The molecule has 0 aliphatic carbocycles. The largest absolute Gasteiger partial charge is 0.243 e. The van der Waals surface area contributed by atoms with Crippen LogP contribution < -0.4 is 0 Å². The summed E-state index contributed by atoms with van der Waals surface area (Å²) in [5.74, 6) is 0. The van der Waals surface area contributed by atoms with E-state index in [0.29, 0.717) is 18.0 Å². The van der Waals surface area contributed by atoms with Gasteiger partial charge < -0.3 is 0 Å². The van der Waals surface area contributed by atoms with Crippen LogP contribution in [0.25, 0.3) is 0 Å². The van der Waals surface area contributed by atoms with Crippen LogP contribution in [0.4, 0.5) is 0 Å². The van der Waals surface area contributed by atoms with Crippen molar-refractivity contribution in [1.29, 1.82) is 0 Å². The predicted octanol–water partition coefficient (Wildman–Crippen LogP) is 3.65. The molecule has 106 valence electrons. The van der Waals surface area contributed by atoms with Crippen molar-refractivity contribution < 1.29 is 8.42 Å². The van der Waals surface area contributed by atoms with Crippen LogP contribution in [0.5, 0.6) is 0 Å². The van der Waals surface area contributed by atoms with Gasteiger partial charge in [0.15, 0.2) is 0 Å². The van der Waals surface area contributed by atoms with Crippen LogP contribution >= 0.6 is 15.9 Å².